The summed E-state index contributed by atoms with van der Waals surface area (Å²) in [4.78, 5) is 37.8. The van der Waals surface area contributed by atoms with Crippen molar-refractivity contribution in [3.63, 3.8) is 0 Å². The van der Waals surface area contributed by atoms with Crippen molar-refractivity contribution in [1.82, 2.24) is 4.31 Å². The number of sulfonamides is 1. The Balaban J connectivity index is 1.39. The number of benzene rings is 3. The molecule has 0 aliphatic carbocycles. The summed E-state index contributed by atoms with van der Waals surface area (Å²) in [5.41, 5.74) is 1.02. The Morgan fingerprint density at radius 1 is 0.800 bits per heavy atom. The van der Waals surface area contributed by atoms with Crippen LogP contribution in [0, 0.1) is 0 Å². The van der Waals surface area contributed by atoms with Crippen molar-refractivity contribution in [2.45, 2.75) is 17.7 Å². The first-order valence-electron chi connectivity index (χ1n) is 11.1. The third-order valence-electron chi connectivity index (χ3n) is 5.64. The van der Waals surface area contributed by atoms with Gasteiger partial charge >= 0.3 is 5.97 Å². The minimum Gasteiger partial charge on any atom is -0.454 e. The van der Waals surface area contributed by atoms with Crippen LogP contribution in [0.2, 0.25) is 0 Å². The van der Waals surface area contributed by atoms with Crippen LogP contribution in [0.3, 0.4) is 0 Å². The molecule has 1 amide bonds. The number of carbonyl (C=O) groups is 3. The summed E-state index contributed by atoms with van der Waals surface area (Å²) in [6, 6.07) is 20.5. The first kappa shape index (κ1) is 24.3. The molecular formula is C26H24N2O6S. The second-order valence-electron chi connectivity index (χ2n) is 8.00. The van der Waals surface area contributed by atoms with Crippen molar-refractivity contribution in [3.05, 3.63) is 95.6 Å². The highest BCUT2D eigenvalue weighted by Crippen LogP contribution is 2.22. The van der Waals surface area contributed by atoms with Gasteiger partial charge in [-0.15, -0.1) is 0 Å². The van der Waals surface area contributed by atoms with Crippen molar-refractivity contribution in [3.8, 4) is 0 Å². The molecule has 3 aromatic carbocycles. The number of nitrogens with one attached hydrogen (secondary N) is 1. The van der Waals surface area contributed by atoms with Crippen molar-refractivity contribution < 1.29 is 27.5 Å². The summed E-state index contributed by atoms with van der Waals surface area (Å²) in [5.74, 6) is -1.63. The number of nitrogens with zero attached hydrogens (tertiary/aromatic N) is 1. The predicted octanol–water partition coefficient (Wildman–Crippen LogP) is 3.76. The van der Waals surface area contributed by atoms with Crippen LogP contribution in [0.5, 0.6) is 0 Å². The number of anilines is 1. The van der Waals surface area contributed by atoms with Gasteiger partial charge in [0.25, 0.3) is 5.91 Å². The monoisotopic (exact) mass is 492 g/mol. The van der Waals surface area contributed by atoms with Crippen LogP contribution in [0.1, 0.15) is 43.9 Å². The Kier molecular flexibility index (Phi) is 7.38. The molecule has 0 unspecified atom stereocenters. The second-order valence-corrected chi connectivity index (χ2v) is 9.94. The summed E-state index contributed by atoms with van der Waals surface area (Å²) in [6.45, 7) is 0.455. The molecule has 4 rings (SSSR count). The predicted molar refractivity (Wildman–Crippen MR) is 130 cm³/mol. The molecule has 9 heteroatoms. The lowest BCUT2D eigenvalue weighted by Crippen LogP contribution is -2.27. The van der Waals surface area contributed by atoms with E-state index in [2.05, 4.69) is 5.32 Å². The van der Waals surface area contributed by atoms with Crippen molar-refractivity contribution in [2.24, 2.45) is 0 Å². The molecule has 8 nitrogen and oxygen atoms in total. The van der Waals surface area contributed by atoms with Crippen molar-refractivity contribution in [2.75, 3.05) is 25.0 Å². The molecule has 35 heavy (non-hydrogen) atoms. The van der Waals surface area contributed by atoms with Crippen LogP contribution in [-0.4, -0.2) is 50.1 Å². The number of amides is 1. The van der Waals surface area contributed by atoms with Gasteiger partial charge in [-0.05, 0) is 61.4 Å². The van der Waals surface area contributed by atoms with E-state index in [1.54, 1.807) is 48.5 Å². The van der Waals surface area contributed by atoms with E-state index < -0.39 is 28.4 Å². The van der Waals surface area contributed by atoms with Gasteiger partial charge in [-0.1, -0.05) is 30.3 Å². The second kappa shape index (κ2) is 10.6. The fraction of sp³-hybridized carbons (Fsp3) is 0.192. The highest BCUT2D eigenvalue weighted by molar-refractivity contribution is 7.89. The average Bonchev–Trinajstić information content (AvgIpc) is 3.44. The Morgan fingerprint density at radius 3 is 2.11 bits per heavy atom. The van der Waals surface area contributed by atoms with Crippen LogP contribution < -0.4 is 5.32 Å². The number of esters is 1. The maximum atomic E-state index is 12.6. The number of hydrogen-bond donors (Lipinski definition) is 1. The first-order chi connectivity index (χ1) is 16.9. The number of ketones is 1. The zero-order valence-corrected chi connectivity index (χ0v) is 19.7. The molecule has 1 heterocycles. The lowest BCUT2D eigenvalue weighted by molar-refractivity contribution is 0.0475. The van der Waals surface area contributed by atoms with Crippen LogP contribution in [0.25, 0.3) is 0 Å². The lowest BCUT2D eigenvalue weighted by Gasteiger charge is -2.15. The molecule has 1 fully saturated rings. The van der Waals surface area contributed by atoms with E-state index in [-0.39, 0.29) is 27.6 Å². The quantitative estimate of drug-likeness (QED) is 0.379. The maximum absolute atomic E-state index is 12.6. The molecule has 3 aromatic rings. The normalized spacial score (nSPS) is 13.8. The number of hydrogen-bond acceptors (Lipinski definition) is 6. The Bertz CT molecular complexity index is 1330. The molecule has 1 N–H and O–H groups in total. The molecule has 180 valence electrons. The average molecular weight is 493 g/mol. The van der Waals surface area contributed by atoms with E-state index in [0.717, 1.165) is 12.8 Å². The Labute approximate surface area is 203 Å². The van der Waals surface area contributed by atoms with E-state index in [9.17, 15) is 22.8 Å². The molecule has 0 radical (unpaired) electrons. The highest BCUT2D eigenvalue weighted by atomic mass is 32.2. The van der Waals surface area contributed by atoms with Gasteiger partial charge in [0, 0.05) is 24.2 Å². The van der Waals surface area contributed by atoms with E-state index in [1.165, 1.54) is 34.6 Å². The van der Waals surface area contributed by atoms with E-state index in [1.807, 2.05) is 0 Å². The minimum absolute atomic E-state index is 0.108. The van der Waals surface area contributed by atoms with Gasteiger partial charge in [-0.2, -0.15) is 4.31 Å². The maximum Gasteiger partial charge on any atom is 0.340 e. The van der Waals surface area contributed by atoms with E-state index in [4.69, 9.17) is 4.74 Å². The molecule has 0 spiro atoms. The molecule has 1 aliphatic rings. The molecule has 1 saturated heterocycles. The smallest absolute Gasteiger partial charge is 0.340 e. The van der Waals surface area contributed by atoms with Crippen LogP contribution >= 0.6 is 0 Å². The van der Waals surface area contributed by atoms with Gasteiger partial charge < -0.3 is 10.1 Å². The molecule has 0 bridgehead atoms. The summed E-state index contributed by atoms with van der Waals surface area (Å²) < 4.78 is 31.9. The fourth-order valence-corrected chi connectivity index (χ4v) is 5.25. The van der Waals surface area contributed by atoms with Crippen LogP contribution in [-0.2, 0) is 14.8 Å². The van der Waals surface area contributed by atoms with Gasteiger partial charge in [0.05, 0.1) is 16.1 Å². The summed E-state index contributed by atoms with van der Waals surface area (Å²) >= 11 is 0. The highest BCUT2D eigenvalue weighted by Gasteiger charge is 2.27. The summed E-state index contributed by atoms with van der Waals surface area (Å²) in [7, 11) is -3.58. The lowest BCUT2D eigenvalue weighted by atomic mass is 10.1. The van der Waals surface area contributed by atoms with Gasteiger partial charge in [-0.25, -0.2) is 13.2 Å². The van der Waals surface area contributed by atoms with Crippen LogP contribution in [0.15, 0.2) is 83.8 Å². The number of ether oxygens (including phenoxy) is 1. The first-order valence-corrected chi connectivity index (χ1v) is 12.6. The Hall–Kier alpha value is -3.82. The number of rotatable bonds is 8. The number of Topliss-reactive ketones (excluding diaryl/α,β-unsaturated/α-hetero) is 1. The molecular weight excluding hydrogens is 468 g/mol. The SMILES string of the molecule is O=C(COC(=O)c1ccccc1NC(=O)c1ccccc1)c1ccc(S(=O)(=O)N2CCCC2)cc1. The topological polar surface area (TPSA) is 110 Å². The van der Waals surface area contributed by atoms with Gasteiger partial charge in [0.15, 0.2) is 12.4 Å². The summed E-state index contributed by atoms with van der Waals surface area (Å²) in [6.07, 6.45) is 1.67. The van der Waals surface area contributed by atoms with Crippen molar-refractivity contribution in [1.29, 1.82) is 0 Å². The molecule has 1 aliphatic heterocycles. The largest absolute Gasteiger partial charge is 0.454 e. The van der Waals surface area contributed by atoms with Crippen molar-refractivity contribution >= 4 is 33.4 Å². The van der Waals surface area contributed by atoms with E-state index >= 15 is 0 Å². The third-order valence-corrected chi connectivity index (χ3v) is 7.56. The Morgan fingerprint density at radius 2 is 1.43 bits per heavy atom. The molecule has 0 aromatic heterocycles. The van der Waals surface area contributed by atoms with Crippen LogP contribution in [0.4, 0.5) is 5.69 Å². The standard InChI is InChI=1S/C26H24N2O6S/c29-24(19-12-14-21(15-13-19)35(32,33)28-16-6-7-17-28)18-34-26(31)22-10-4-5-11-23(22)27-25(30)20-8-2-1-3-9-20/h1-5,8-15H,6-7,16-18H2,(H,27,30). The minimum atomic E-state index is -3.58. The third kappa shape index (κ3) is 5.64. The zero-order chi connectivity index (χ0) is 24.8. The summed E-state index contributed by atoms with van der Waals surface area (Å²) in [5, 5.41) is 2.68. The molecule has 0 atom stereocenters. The number of carbonyl (C=O) groups excluding carboxylic acids is 3. The molecule has 0 saturated carbocycles. The zero-order valence-electron chi connectivity index (χ0n) is 18.8. The van der Waals surface area contributed by atoms with Gasteiger partial charge in [-0.3, -0.25) is 9.59 Å². The van der Waals surface area contributed by atoms with E-state index in [0.29, 0.717) is 18.7 Å². The van der Waals surface area contributed by atoms with Gasteiger partial charge in [0.2, 0.25) is 10.0 Å². The van der Waals surface area contributed by atoms with Gasteiger partial charge in [0.1, 0.15) is 0 Å². The fourth-order valence-electron chi connectivity index (χ4n) is 3.74. The number of para-hydroxylation sites is 1.